The summed E-state index contributed by atoms with van der Waals surface area (Å²) < 4.78 is 107. The molecule has 10 heteroatoms. The van der Waals surface area contributed by atoms with Crippen molar-refractivity contribution in [1.82, 2.24) is 0 Å². The fourth-order valence-corrected chi connectivity index (χ4v) is 3.92. The second kappa shape index (κ2) is 5.30. The van der Waals surface area contributed by atoms with Gasteiger partial charge in [-0.2, -0.15) is 0 Å². The van der Waals surface area contributed by atoms with E-state index in [0.717, 1.165) is 24.3 Å². The van der Waals surface area contributed by atoms with Crippen molar-refractivity contribution >= 4 is 24.5 Å². The van der Waals surface area contributed by atoms with Gasteiger partial charge in [-0.3, -0.25) is 0 Å². The second-order valence-electron chi connectivity index (χ2n) is 3.58. The van der Waals surface area contributed by atoms with E-state index in [-0.39, 0.29) is 0 Å². The van der Waals surface area contributed by atoms with Gasteiger partial charge in [0.1, 0.15) is 0 Å². The molecule has 0 N–H and O–H groups in total. The Morgan fingerprint density at radius 1 is 0.650 bits per heavy atom. The van der Waals surface area contributed by atoms with Gasteiger partial charge in [-0.05, 0) is 0 Å². The molecule has 0 spiro atoms. The zero-order valence-corrected chi connectivity index (χ0v) is 11.5. The van der Waals surface area contributed by atoms with Crippen molar-refractivity contribution in [3.05, 3.63) is 30.3 Å². The zero-order valence-electron chi connectivity index (χ0n) is 9.20. The van der Waals surface area contributed by atoms with Crippen molar-refractivity contribution in [3.63, 3.8) is 0 Å². The van der Waals surface area contributed by atoms with Gasteiger partial charge in [-0.1, -0.05) is 0 Å². The third-order valence-electron chi connectivity index (χ3n) is 2.13. The summed E-state index contributed by atoms with van der Waals surface area (Å²) in [4.78, 5) is 0. The first kappa shape index (κ1) is 17.4. The predicted octanol–water partition coefficient (Wildman–Crippen LogP) is 3.44. The van der Waals surface area contributed by atoms with Crippen LogP contribution in [-0.4, -0.2) is 42.9 Å². The van der Waals surface area contributed by atoms with E-state index in [1.807, 2.05) is 0 Å². The molecule has 1 atom stereocenters. The third-order valence-corrected chi connectivity index (χ3v) is 5.77. The van der Waals surface area contributed by atoms with Crippen LogP contribution in [0.2, 0.25) is 0 Å². The van der Waals surface area contributed by atoms with Gasteiger partial charge < -0.3 is 0 Å². The van der Waals surface area contributed by atoms with Gasteiger partial charge in [0.15, 0.2) is 0 Å². The summed E-state index contributed by atoms with van der Waals surface area (Å²) >= 11 is -3.55. The Bertz CT molecular complexity index is 450. The number of benzene rings is 1. The van der Waals surface area contributed by atoms with E-state index in [1.165, 1.54) is 6.07 Å². The molecule has 1 unspecified atom stereocenters. The number of halogens is 9. The molecule has 0 aliphatic carbocycles. The molecule has 20 heavy (non-hydrogen) atoms. The predicted molar refractivity (Wildman–Crippen MR) is 52.7 cm³/mol. The van der Waals surface area contributed by atoms with Crippen molar-refractivity contribution in [2.24, 2.45) is 0 Å². The van der Waals surface area contributed by atoms with Gasteiger partial charge in [0.05, 0.1) is 0 Å². The molecule has 0 amide bonds. The molecule has 0 bridgehead atoms. The van der Waals surface area contributed by atoms with Crippen molar-refractivity contribution < 1.29 is 39.5 Å². The molecular weight excluding hydrogens is 419 g/mol. The summed E-state index contributed by atoms with van der Waals surface area (Å²) in [5.74, 6) is -6.50. The van der Waals surface area contributed by atoms with E-state index in [0.29, 0.717) is 0 Å². The minimum atomic E-state index is -6.63. The number of alkyl halides is 9. The normalized spacial score (nSPS) is 16.9. The van der Waals surface area contributed by atoms with E-state index in [2.05, 4.69) is 0 Å². The number of hydrogen-bond acceptors (Lipinski definition) is 0. The first-order valence-electron chi connectivity index (χ1n) is 4.77. The van der Waals surface area contributed by atoms with Crippen LogP contribution in [0, 0.1) is 0 Å². The molecule has 0 nitrogen and oxygen atoms in total. The van der Waals surface area contributed by atoms with Crippen LogP contribution in [0.5, 0.6) is 0 Å². The number of hydrogen-bond donors (Lipinski definition) is 0. The average molecular weight is 424 g/mol. The molecular formula is C10H5F9Te. The summed E-state index contributed by atoms with van der Waals surface area (Å²) in [5.41, 5.74) is 0. The van der Waals surface area contributed by atoms with Crippen LogP contribution in [0.4, 0.5) is 39.5 Å². The van der Waals surface area contributed by atoms with E-state index in [9.17, 15) is 39.5 Å². The van der Waals surface area contributed by atoms with Gasteiger partial charge in [-0.25, -0.2) is 0 Å². The quantitative estimate of drug-likeness (QED) is 0.516. The van der Waals surface area contributed by atoms with Crippen molar-refractivity contribution in [3.8, 4) is 0 Å². The molecule has 114 valence electrons. The summed E-state index contributed by atoms with van der Waals surface area (Å²) in [7, 11) is 0. The molecule has 0 saturated heterocycles. The van der Waals surface area contributed by atoms with Crippen molar-refractivity contribution in [2.75, 3.05) is 0 Å². The van der Waals surface area contributed by atoms with E-state index >= 15 is 0 Å². The Labute approximate surface area is 117 Å². The Morgan fingerprint density at radius 3 is 1.45 bits per heavy atom. The fraction of sp³-hybridized carbons (Fsp3) is 0.400. The third kappa shape index (κ3) is 3.01. The zero-order chi connectivity index (χ0) is 15.8. The van der Waals surface area contributed by atoms with Gasteiger partial charge in [0.2, 0.25) is 0 Å². The molecule has 0 aromatic heterocycles. The fourth-order valence-electron chi connectivity index (χ4n) is 1.13. The number of rotatable bonds is 3. The Kier molecular flexibility index (Phi) is 4.61. The van der Waals surface area contributed by atoms with Crippen LogP contribution in [0.3, 0.4) is 0 Å². The molecule has 0 saturated carbocycles. The molecule has 1 aromatic rings. The van der Waals surface area contributed by atoms with Crippen molar-refractivity contribution in [1.29, 1.82) is 0 Å². The van der Waals surface area contributed by atoms with Gasteiger partial charge in [0, 0.05) is 0 Å². The van der Waals surface area contributed by atoms with E-state index in [4.69, 9.17) is 0 Å². The molecule has 1 rings (SSSR count). The van der Waals surface area contributed by atoms with Crippen LogP contribution in [0.25, 0.3) is 0 Å². The molecule has 0 fully saturated rings. The summed E-state index contributed by atoms with van der Waals surface area (Å²) in [5, 5.41) is 0. The van der Waals surface area contributed by atoms with E-state index in [1.54, 1.807) is 0 Å². The Morgan fingerprint density at radius 2 is 1.10 bits per heavy atom. The average Bonchev–Trinajstić information content (AvgIpc) is 2.27. The molecule has 1 aromatic carbocycles. The summed E-state index contributed by atoms with van der Waals surface area (Å²) in [6, 6.07) is 5.33. The minimum absolute atomic E-state index is 0.498. The topological polar surface area (TPSA) is 0 Å². The van der Waals surface area contributed by atoms with Crippen LogP contribution in [0.1, 0.15) is 0 Å². The Hall–Kier alpha value is -0.620. The van der Waals surface area contributed by atoms with Crippen LogP contribution in [-0.2, 0) is 0 Å². The first-order chi connectivity index (χ1) is 8.83. The first-order valence-corrected chi connectivity index (χ1v) is 7.10. The molecule has 0 aliphatic heterocycles. The second-order valence-corrected chi connectivity index (χ2v) is 7.11. The maximum atomic E-state index is 13.7. The molecule has 0 aliphatic rings. The van der Waals surface area contributed by atoms with Gasteiger partial charge in [-0.15, -0.1) is 0 Å². The molecule has 0 heterocycles. The monoisotopic (exact) mass is 426 g/mol. The van der Waals surface area contributed by atoms with Gasteiger partial charge in [0.25, 0.3) is 0 Å². The summed E-state index contributed by atoms with van der Waals surface area (Å²) in [6.45, 7) is 0. The van der Waals surface area contributed by atoms with Crippen LogP contribution in [0.15, 0.2) is 30.3 Å². The Balaban J connectivity index is 3.32. The van der Waals surface area contributed by atoms with Crippen molar-refractivity contribution in [2.45, 2.75) is 22.0 Å². The SMILES string of the molecule is FC(F)(F)C(F)(F)C(F)([Te]c1ccccc1)C(F)(F)F. The maximum absolute atomic E-state index is 13.7. The van der Waals surface area contributed by atoms with Crippen LogP contribution >= 0.6 is 0 Å². The standard InChI is InChI=1S/C10H5F9Te/c11-7(12,9(14,15)16)8(13,10(17,18)19)20-6-4-2-1-3-5-6/h1-5H. The van der Waals surface area contributed by atoms with Gasteiger partial charge >= 0.3 is 116 Å². The summed E-state index contributed by atoms with van der Waals surface area (Å²) in [6.07, 6.45) is -13.0. The van der Waals surface area contributed by atoms with Crippen LogP contribution < -0.4 is 3.61 Å². The molecule has 0 radical (unpaired) electrons. The van der Waals surface area contributed by atoms with E-state index < -0.39 is 46.5 Å².